The number of carbonyl (C=O) groups is 3. The second-order valence-electron chi connectivity index (χ2n) is 4.73. The molecular weight excluding hydrogens is 274 g/mol. The minimum Gasteiger partial charge on any atom is -0.478 e. The fraction of sp³-hybridized carbons (Fsp3) is 0.286. The van der Waals surface area contributed by atoms with E-state index in [1.165, 1.54) is 30.5 Å². The van der Waals surface area contributed by atoms with Gasteiger partial charge in [-0.2, -0.15) is 5.10 Å². The molecule has 3 N–H and O–H groups in total. The molecule has 7 nitrogen and oxygen atoms in total. The molecule has 0 aliphatic rings. The second-order valence-corrected chi connectivity index (χ2v) is 4.73. The zero-order valence-corrected chi connectivity index (χ0v) is 11.8. The molecule has 0 bridgehead atoms. The van der Waals surface area contributed by atoms with Crippen LogP contribution in [0.15, 0.2) is 29.4 Å². The van der Waals surface area contributed by atoms with Crippen LogP contribution >= 0.6 is 0 Å². The Balaban J connectivity index is 2.48. The highest BCUT2D eigenvalue weighted by Gasteiger charge is 2.11. The van der Waals surface area contributed by atoms with Crippen molar-refractivity contribution in [2.24, 2.45) is 11.0 Å². The first-order valence-electron chi connectivity index (χ1n) is 6.34. The van der Waals surface area contributed by atoms with E-state index in [4.69, 9.17) is 5.11 Å². The predicted molar refractivity (Wildman–Crippen MR) is 77.0 cm³/mol. The summed E-state index contributed by atoms with van der Waals surface area (Å²) in [4.78, 5) is 33.4. The number of rotatable bonds is 5. The normalized spacial score (nSPS) is 10.6. The standard InChI is InChI=1S/C14H17N3O4/c1-9(2)7-15-12(18)13(19)17-16-8-10-3-5-11(6-4-10)14(20)21/h3-6,8-9H,7H2,1-2H3,(H,15,18)(H,17,19)(H,20,21). The third kappa shape index (κ3) is 5.85. The molecule has 0 fully saturated rings. The first-order chi connectivity index (χ1) is 9.90. The Labute approximate surface area is 122 Å². The average Bonchev–Trinajstić information content (AvgIpc) is 2.45. The number of nitrogens with one attached hydrogen (secondary N) is 2. The van der Waals surface area contributed by atoms with Gasteiger partial charge in [0.15, 0.2) is 0 Å². The number of benzene rings is 1. The zero-order valence-electron chi connectivity index (χ0n) is 11.8. The summed E-state index contributed by atoms with van der Waals surface area (Å²) in [5.41, 5.74) is 2.85. The van der Waals surface area contributed by atoms with Crippen LogP contribution in [0.2, 0.25) is 0 Å². The van der Waals surface area contributed by atoms with E-state index >= 15 is 0 Å². The Morgan fingerprint density at radius 2 is 1.81 bits per heavy atom. The average molecular weight is 291 g/mol. The minimum atomic E-state index is -1.02. The number of hydrogen-bond acceptors (Lipinski definition) is 4. The van der Waals surface area contributed by atoms with Crippen molar-refractivity contribution in [1.82, 2.24) is 10.7 Å². The minimum absolute atomic E-state index is 0.157. The Bertz CT molecular complexity index is 550. The molecule has 1 rings (SSSR count). The van der Waals surface area contributed by atoms with E-state index in [-0.39, 0.29) is 11.5 Å². The number of carboxylic acids is 1. The third-order valence-corrected chi connectivity index (χ3v) is 2.41. The number of carbonyl (C=O) groups excluding carboxylic acids is 2. The first kappa shape index (κ1) is 16.4. The van der Waals surface area contributed by atoms with Gasteiger partial charge in [-0.05, 0) is 23.6 Å². The van der Waals surface area contributed by atoms with Gasteiger partial charge in [-0.1, -0.05) is 26.0 Å². The van der Waals surface area contributed by atoms with Crippen LogP contribution in [0.5, 0.6) is 0 Å². The van der Waals surface area contributed by atoms with Crippen LogP contribution in [0.3, 0.4) is 0 Å². The molecule has 1 aromatic rings. The van der Waals surface area contributed by atoms with Crippen molar-refractivity contribution in [3.8, 4) is 0 Å². The highest BCUT2D eigenvalue weighted by molar-refractivity contribution is 6.35. The maximum Gasteiger partial charge on any atom is 0.335 e. The van der Waals surface area contributed by atoms with Crippen LogP contribution in [0.4, 0.5) is 0 Å². The quantitative estimate of drug-likeness (QED) is 0.419. The Kier molecular flexibility index (Phi) is 6.06. The van der Waals surface area contributed by atoms with Gasteiger partial charge in [0.05, 0.1) is 11.8 Å². The van der Waals surface area contributed by atoms with E-state index in [2.05, 4.69) is 15.8 Å². The molecule has 0 aliphatic heterocycles. The smallest absolute Gasteiger partial charge is 0.335 e. The number of aromatic carboxylic acids is 1. The maximum atomic E-state index is 11.4. The number of hydrazone groups is 1. The van der Waals surface area contributed by atoms with Gasteiger partial charge in [0.25, 0.3) is 0 Å². The Morgan fingerprint density at radius 3 is 2.33 bits per heavy atom. The second kappa shape index (κ2) is 7.78. The molecule has 0 saturated carbocycles. The first-order valence-corrected chi connectivity index (χ1v) is 6.34. The number of amides is 2. The summed E-state index contributed by atoms with van der Waals surface area (Å²) in [6.07, 6.45) is 1.32. The SMILES string of the molecule is CC(C)CNC(=O)C(=O)NN=Cc1ccc(C(=O)O)cc1. The van der Waals surface area contributed by atoms with Gasteiger partial charge in [-0.15, -0.1) is 0 Å². The molecule has 21 heavy (non-hydrogen) atoms. The van der Waals surface area contributed by atoms with Crippen LogP contribution in [0.1, 0.15) is 29.8 Å². The fourth-order valence-electron chi connectivity index (χ4n) is 1.31. The van der Waals surface area contributed by atoms with Gasteiger partial charge in [-0.3, -0.25) is 9.59 Å². The lowest BCUT2D eigenvalue weighted by atomic mass is 10.1. The summed E-state index contributed by atoms with van der Waals surface area (Å²) >= 11 is 0. The molecular formula is C14H17N3O4. The van der Waals surface area contributed by atoms with E-state index in [1.807, 2.05) is 13.8 Å². The molecule has 0 atom stereocenters. The van der Waals surface area contributed by atoms with Crippen LogP contribution in [0, 0.1) is 5.92 Å². The van der Waals surface area contributed by atoms with Crippen LogP contribution in [-0.2, 0) is 9.59 Å². The van der Waals surface area contributed by atoms with Crippen molar-refractivity contribution >= 4 is 24.0 Å². The molecule has 2 amide bonds. The van der Waals surface area contributed by atoms with Gasteiger partial charge in [0.2, 0.25) is 0 Å². The third-order valence-electron chi connectivity index (χ3n) is 2.41. The predicted octanol–water partition coefficient (Wildman–Crippen LogP) is 0.607. The van der Waals surface area contributed by atoms with Gasteiger partial charge in [0.1, 0.15) is 0 Å². The lowest BCUT2D eigenvalue weighted by molar-refractivity contribution is -0.139. The van der Waals surface area contributed by atoms with Gasteiger partial charge >= 0.3 is 17.8 Å². The number of nitrogens with zero attached hydrogens (tertiary/aromatic N) is 1. The summed E-state index contributed by atoms with van der Waals surface area (Å²) in [5, 5.41) is 14.8. The highest BCUT2D eigenvalue weighted by atomic mass is 16.4. The van der Waals surface area contributed by atoms with E-state index in [9.17, 15) is 14.4 Å². The summed E-state index contributed by atoms with van der Waals surface area (Å²) in [7, 11) is 0. The molecule has 0 unspecified atom stereocenters. The van der Waals surface area contributed by atoms with Crippen molar-refractivity contribution < 1.29 is 19.5 Å². The molecule has 0 saturated heterocycles. The molecule has 7 heteroatoms. The van der Waals surface area contributed by atoms with Gasteiger partial charge in [-0.25, -0.2) is 10.2 Å². The maximum absolute atomic E-state index is 11.4. The van der Waals surface area contributed by atoms with Gasteiger partial charge in [0, 0.05) is 6.54 Å². The topological polar surface area (TPSA) is 108 Å². The lowest BCUT2D eigenvalue weighted by Crippen LogP contribution is -2.39. The van der Waals surface area contributed by atoms with Crippen molar-refractivity contribution in [2.75, 3.05) is 6.54 Å². The Morgan fingerprint density at radius 1 is 1.19 bits per heavy atom. The molecule has 0 radical (unpaired) electrons. The summed E-state index contributed by atoms with van der Waals surface area (Å²) in [6, 6.07) is 5.91. The van der Waals surface area contributed by atoms with Crippen LogP contribution < -0.4 is 10.7 Å². The van der Waals surface area contributed by atoms with Crippen molar-refractivity contribution in [3.05, 3.63) is 35.4 Å². The lowest BCUT2D eigenvalue weighted by Gasteiger charge is -2.05. The Hall–Kier alpha value is -2.70. The summed E-state index contributed by atoms with van der Waals surface area (Å²) in [5.74, 6) is -2.37. The van der Waals surface area contributed by atoms with E-state index in [0.29, 0.717) is 12.1 Å². The molecule has 0 aromatic heterocycles. The van der Waals surface area contributed by atoms with Crippen molar-refractivity contribution in [1.29, 1.82) is 0 Å². The molecule has 0 heterocycles. The number of carboxylic acid groups (broad SMARTS) is 1. The molecule has 112 valence electrons. The van der Waals surface area contributed by atoms with E-state index in [0.717, 1.165) is 0 Å². The molecule has 0 spiro atoms. The summed E-state index contributed by atoms with van der Waals surface area (Å²) < 4.78 is 0. The monoisotopic (exact) mass is 291 g/mol. The van der Waals surface area contributed by atoms with Gasteiger partial charge < -0.3 is 10.4 Å². The molecule has 0 aliphatic carbocycles. The van der Waals surface area contributed by atoms with E-state index in [1.54, 1.807) is 0 Å². The largest absolute Gasteiger partial charge is 0.478 e. The summed E-state index contributed by atoms with van der Waals surface area (Å²) in [6.45, 7) is 4.24. The van der Waals surface area contributed by atoms with Crippen molar-refractivity contribution in [3.63, 3.8) is 0 Å². The molecule has 1 aromatic carbocycles. The van der Waals surface area contributed by atoms with Crippen molar-refractivity contribution in [2.45, 2.75) is 13.8 Å². The zero-order chi connectivity index (χ0) is 15.8. The number of hydrogen-bond donors (Lipinski definition) is 3. The van der Waals surface area contributed by atoms with E-state index < -0.39 is 17.8 Å². The van der Waals surface area contributed by atoms with Crippen LogP contribution in [0.25, 0.3) is 0 Å². The highest BCUT2D eigenvalue weighted by Crippen LogP contribution is 2.02. The fourth-order valence-corrected chi connectivity index (χ4v) is 1.31. The van der Waals surface area contributed by atoms with Crippen LogP contribution in [-0.4, -0.2) is 35.6 Å².